The molecular weight excluding hydrogens is 366 g/mol. The first kappa shape index (κ1) is 16.8. The molecule has 6 nitrogen and oxygen atoms in total. The van der Waals surface area contributed by atoms with Gasteiger partial charge in [0.2, 0.25) is 6.04 Å². The summed E-state index contributed by atoms with van der Waals surface area (Å²) in [5.41, 5.74) is 0.456. The summed E-state index contributed by atoms with van der Waals surface area (Å²) in [4.78, 5) is 18.7. The van der Waals surface area contributed by atoms with Crippen LogP contribution >= 0.6 is 15.9 Å². The number of halogens is 3. The zero-order valence-corrected chi connectivity index (χ0v) is 13.0. The normalized spacial score (nSPS) is 28.4. The van der Waals surface area contributed by atoms with Crippen LogP contribution < -0.4 is 5.32 Å². The predicted octanol–water partition coefficient (Wildman–Crippen LogP) is 2.12. The average Bonchev–Trinajstić information content (AvgIpc) is 2.88. The van der Waals surface area contributed by atoms with Crippen LogP contribution in [0, 0.1) is 16.0 Å². The molecule has 0 aromatic heterocycles. The van der Waals surface area contributed by atoms with Crippen LogP contribution in [0.2, 0.25) is 0 Å². The monoisotopic (exact) mass is 378 g/mol. The first-order chi connectivity index (χ1) is 10.3. The van der Waals surface area contributed by atoms with Crippen LogP contribution in [0.4, 0.5) is 8.78 Å². The summed E-state index contributed by atoms with van der Waals surface area (Å²) in [5, 5.41) is 14.0. The third kappa shape index (κ3) is 3.09. The van der Waals surface area contributed by atoms with Gasteiger partial charge in [-0.1, -0.05) is 30.3 Å². The molecule has 4 atom stereocenters. The maximum atomic E-state index is 13.8. The number of benzene rings is 1. The minimum Gasteiger partial charge on any atom is -0.468 e. The minimum absolute atomic E-state index is 0.456. The van der Waals surface area contributed by atoms with Crippen molar-refractivity contribution in [1.82, 2.24) is 5.32 Å². The highest BCUT2D eigenvalue weighted by molar-refractivity contribution is 9.10. The number of hydrogen-bond donors (Lipinski definition) is 1. The highest BCUT2D eigenvalue weighted by atomic mass is 79.9. The van der Waals surface area contributed by atoms with Gasteiger partial charge in [0.25, 0.3) is 0 Å². The molecular formula is C13H13BrF2N2O4. The van der Waals surface area contributed by atoms with Gasteiger partial charge in [0, 0.05) is 4.92 Å². The summed E-state index contributed by atoms with van der Waals surface area (Å²) in [7, 11) is 1.05. The van der Waals surface area contributed by atoms with Gasteiger partial charge in [-0.05, 0) is 21.5 Å². The molecule has 1 fully saturated rings. The molecule has 1 aliphatic rings. The first-order valence-electron chi connectivity index (χ1n) is 6.36. The lowest BCUT2D eigenvalue weighted by Gasteiger charge is -2.22. The van der Waals surface area contributed by atoms with Crippen molar-refractivity contribution in [1.29, 1.82) is 0 Å². The van der Waals surface area contributed by atoms with E-state index in [1.54, 1.807) is 30.3 Å². The maximum absolute atomic E-state index is 13.8. The number of methoxy groups -OCH3 is 1. The van der Waals surface area contributed by atoms with Crippen molar-refractivity contribution >= 4 is 21.9 Å². The van der Waals surface area contributed by atoms with Gasteiger partial charge >= 0.3 is 10.8 Å². The fourth-order valence-corrected chi connectivity index (χ4v) is 3.27. The largest absolute Gasteiger partial charge is 0.468 e. The van der Waals surface area contributed by atoms with Crippen molar-refractivity contribution in [3.05, 3.63) is 46.0 Å². The van der Waals surface area contributed by atoms with Gasteiger partial charge in [-0.2, -0.15) is 8.78 Å². The maximum Gasteiger partial charge on any atom is 0.323 e. The second kappa shape index (κ2) is 6.25. The van der Waals surface area contributed by atoms with E-state index >= 15 is 0 Å². The molecule has 2 rings (SSSR count). The highest BCUT2D eigenvalue weighted by Gasteiger charge is 2.63. The second-order valence-electron chi connectivity index (χ2n) is 4.90. The average molecular weight is 379 g/mol. The molecule has 1 aliphatic heterocycles. The lowest BCUT2D eigenvalue weighted by Crippen LogP contribution is -2.45. The molecule has 0 unspecified atom stereocenters. The van der Waals surface area contributed by atoms with E-state index in [1.807, 2.05) is 0 Å². The van der Waals surface area contributed by atoms with Gasteiger partial charge in [-0.3, -0.25) is 20.2 Å². The molecule has 0 radical (unpaired) electrons. The number of carbonyl (C=O) groups excluding carboxylic acids is 1. The Bertz CT molecular complexity index is 567. The standard InChI is InChI=1S/C13H13BrF2N2O4/c1-22-12(19)10-8(13(14,15)16)11(18(20)21)9(17-10)7-5-3-2-4-6-7/h2-6,8-11,17H,1H3/t8-,9-,10-,11+/m1/s1. The van der Waals surface area contributed by atoms with Crippen LogP contribution in [-0.2, 0) is 9.53 Å². The zero-order valence-electron chi connectivity index (χ0n) is 11.4. The van der Waals surface area contributed by atoms with Gasteiger partial charge in [-0.25, -0.2) is 0 Å². The Balaban J connectivity index is 2.48. The van der Waals surface area contributed by atoms with Crippen LogP contribution in [0.25, 0.3) is 0 Å². The summed E-state index contributed by atoms with van der Waals surface area (Å²) >= 11 is 2.17. The molecule has 0 bridgehead atoms. The van der Waals surface area contributed by atoms with Crippen LogP contribution in [0.15, 0.2) is 30.3 Å². The van der Waals surface area contributed by atoms with Gasteiger partial charge in [-0.15, -0.1) is 0 Å². The fraction of sp³-hybridized carbons (Fsp3) is 0.462. The minimum atomic E-state index is -3.60. The summed E-state index contributed by atoms with van der Waals surface area (Å²) < 4.78 is 32.2. The Morgan fingerprint density at radius 3 is 2.45 bits per heavy atom. The Morgan fingerprint density at radius 1 is 1.41 bits per heavy atom. The number of ether oxygens (including phenoxy) is 1. The van der Waals surface area contributed by atoms with Gasteiger partial charge < -0.3 is 4.74 Å². The number of esters is 1. The van der Waals surface area contributed by atoms with Crippen molar-refractivity contribution < 1.29 is 23.2 Å². The van der Waals surface area contributed by atoms with Crippen molar-refractivity contribution in [2.24, 2.45) is 5.92 Å². The van der Waals surface area contributed by atoms with Crippen molar-refractivity contribution in [3.8, 4) is 0 Å². The van der Waals surface area contributed by atoms with Crippen molar-refractivity contribution in [3.63, 3.8) is 0 Å². The van der Waals surface area contributed by atoms with Crippen LogP contribution in [0.3, 0.4) is 0 Å². The van der Waals surface area contributed by atoms with E-state index in [-0.39, 0.29) is 0 Å². The SMILES string of the molecule is COC(=O)[C@@H]1N[C@H](c2ccccc2)[C@@H]([N+](=O)[O-])[C@@H]1C(F)(F)Br. The zero-order chi connectivity index (χ0) is 16.5. The van der Waals surface area contributed by atoms with E-state index in [0.29, 0.717) is 5.56 Å². The number of alkyl halides is 3. The Morgan fingerprint density at radius 2 is 2.00 bits per heavy atom. The van der Waals surface area contributed by atoms with Gasteiger partial charge in [0.15, 0.2) is 0 Å². The Labute approximate surface area is 133 Å². The number of hydrogen-bond acceptors (Lipinski definition) is 5. The van der Waals surface area contributed by atoms with Gasteiger partial charge in [0.05, 0.1) is 7.11 Å². The van der Waals surface area contributed by atoms with Crippen molar-refractivity contribution in [2.45, 2.75) is 23.0 Å². The summed E-state index contributed by atoms with van der Waals surface area (Å²) in [6, 6.07) is 3.96. The quantitative estimate of drug-likeness (QED) is 0.375. The second-order valence-corrected chi connectivity index (χ2v) is 5.96. The molecule has 9 heteroatoms. The third-order valence-corrected chi connectivity index (χ3v) is 4.19. The molecule has 0 saturated carbocycles. The molecule has 120 valence electrons. The summed E-state index contributed by atoms with van der Waals surface area (Å²) in [6.07, 6.45) is 0. The van der Waals surface area contributed by atoms with Crippen LogP contribution in [-0.4, -0.2) is 34.9 Å². The highest BCUT2D eigenvalue weighted by Crippen LogP contribution is 2.45. The lowest BCUT2D eigenvalue weighted by molar-refractivity contribution is -0.536. The topological polar surface area (TPSA) is 81.5 Å². The van der Waals surface area contributed by atoms with E-state index in [4.69, 9.17) is 0 Å². The summed E-state index contributed by atoms with van der Waals surface area (Å²) in [6.45, 7) is 0. The molecule has 0 spiro atoms. The Hall–Kier alpha value is -1.61. The number of nitrogens with zero attached hydrogens (tertiary/aromatic N) is 1. The Kier molecular flexibility index (Phi) is 4.76. The van der Waals surface area contributed by atoms with Crippen LogP contribution in [0.1, 0.15) is 11.6 Å². The lowest BCUT2D eigenvalue weighted by atomic mass is 9.91. The molecule has 0 amide bonds. The van der Waals surface area contributed by atoms with E-state index < -0.39 is 39.8 Å². The molecule has 1 saturated heterocycles. The smallest absolute Gasteiger partial charge is 0.323 e. The van der Waals surface area contributed by atoms with E-state index in [1.165, 1.54) is 0 Å². The van der Waals surface area contributed by atoms with Gasteiger partial charge in [0.1, 0.15) is 18.0 Å². The third-order valence-electron chi connectivity index (χ3n) is 3.66. The number of nitro groups is 1. The van der Waals surface area contributed by atoms with Crippen molar-refractivity contribution in [2.75, 3.05) is 7.11 Å². The van der Waals surface area contributed by atoms with E-state index in [9.17, 15) is 23.7 Å². The number of nitrogens with one attached hydrogen (secondary N) is 1. The molecule has 0 aliphatic carbocycles. The van der Waals surface area contributed by atoms with E-state index in [2.05, 4.69) is 26.0 Å². The van der Waals surface area contributed by atoms with E-state index in [0.717, 1.165) is 7.11 Å². The molecule has 1 aromatic rings. The molecule has 1 heterocycles. The fourth-order valence-electron chi connectivity index (χ4n) is 2.73. The molecule has 1 N–H and O–H groups in total. The summed E-state index contributed by atoms with van der Waals surface area (Å²) in [5.74, 6) is -2.84. The van der Waals surface area contributed by atoms with Crippen LogP contribution in [0.5, 0.6) is 0 Å². The first-order valence-corrected chi connectivity index (χ1v) is 7.15. The molecule has 22 heavy (non-hydrogen) atoms. The number of rotatable bonds is 4. The molecule has 1 aromatic carbocycles. The number of carbonyl (C=O) groups is 1. The predicted molar refractivity (Wildman–Crippen MR) is 76.3 cm³/mol.